The molecule has 1 aromatic rings. The van der Waals surface area contributed by atoms with E-state index in [1.54, 1.807) is 6.20 Å². The standard InChI is InChI=1S/C12H15N3O2/c1-17-12(16)9-5-4-6-10(9)14-15-11-7-2-3-8-13-11/h2-3,7-8,14H,4-6H2,1H3,(H,13,15). The summed E-state index contributed by atoms with van der Waals surface area (Å²) in [4.78, 5) is 15.6. The molecule has 0 saturated heterocycles. The van der Waals surface area contributed by atoms with Crippen molar-refractivity contribution in [3.05, 3.63) is 35.7 Å². The van der Waals surface area contributed by atoms with Crippen LogP contribution in [0, 0.1) is 0 Å². The van der Waals surface area contributed by atoms with Crippen LogP contribution in [0.4, 0.5) is 5.82 Å². The lowest BCUT2D eigenvalue weighted by Gasteiger charge is -2.11. The summed E-state index contributed by atoms with van der Waals surface area (Å²) in [7, 11) is 1.40. The van der Waals surface area contributed by atoms with Crippen LogP contribution < -0.4 is 10.9 Å². The van der Waals surface area contributed by atoms with Crippen molar-refractivity contribution in [1.82, 2.24) is 10.4 Å². The molecule has 0 spiro atoms. The number of nitrogens with zero attached hydrogens (tertiary/aromatic N) is 1. The molecule has 1 heterocycles. The fourth-order valence-electron chi connectivity index (χ4n) is 1.81. The lowest BCUT2D eigenvalue weighted by atomic mass is 10.2. The third-order valence-electron chi connectivity index (χ3n) is 2.66. The molecule has 0 aromatic carbocycles. The summed E-state index contributed by atoms with van der Waals surface area (Å²) in [6, 6.07) is 5.58. The highest BCUT2D eigenvalue weighted by Gasteiger charge is 2.21. The predicted octanol–water partition coefficient (Wildman–Crippen LogP) is 1.61. The average Bonchev–Trinajstić information content (AvgIpc) is 2.85. The Hall–Kier alpha value is -2.04. The van der Waals surface area contributed by atoms with Gasteiger partial charge in [0, 0.05) is 11.9 Å². The van der Waals surface area contributed by atoms with Crippen LogP contribution in [0.25, 0.3) is 0 Å². The van der Waals surface area contributed by atoms with Gasteiger partial charge in [0.05, 0.1) is 12.7 Å². The molecular weight excluding hydrogens is 218 g/mol. The monoisotopic (exact) mass is 233 g/mol. The minimum Gasteiger partial charge on any atom is -0.466 e. The minimum absolute atomic E-state index is 0.257. The highest BCUT2D eigenvalue weighted by Crippen LogP contribution is 2.24. The van der Waals surface area contributed by atoms with Gasteiger partial charge in [0.15, 0.2) is 0 Å². The zero-order chi connectivity index (χ0) is 12.1. The number of aromatic nitrogens is 1. The molecule has 2 N–H and O–H groups in total. The number of methoxy groups -OCH3 is 1. The molecule has 0 unspecified atom stereocenters. The molecule has 0 bridgehead atoms. The van der Waals surface area contributed by atoms with E-state index in [4.69, 9.17) is 4.74 Å². The lowest BCUT2D eigenvalue weighted by Crippen LogP contribution is -2.23. The first kappa shape index (κ1) is 11.4. The van der Waals surface area contributed by atoms with E-state index >= 15 is 0 Å². The smallest absolute Gasteiger partial charge is 0.335 e. The highest BCUT2D eigenvalue weighted by atomic mass is 16.5. The highest BCUT2D eigenvalue weighted by molar-refractivity contribution is 5.89. The van der Waals surface area contributed by atoms with E-state index in [-0.39, 0.29) is 5.97 Å². The zero-order valence-corrected chi connectivity index (χ0v) is 9.69. The predicted molar refractivity (Wildman–Crippen MR) is 63.9 cm³/mol. The molecule has 0 radical (unpaired) electrons. The molecule has 0 fully saturated rings. The summed E-state index contributed by atoms with van der Waals surface area (Å²) in [5.41, 5.74) is 7.61. The van der Waals surface area contributed by atoms with Crippen molar-refractivity contribution in [3.8, 4) is 0 Å². The van der Waals surface area contributed by atoms with Crippen LogP contribution in [0.5, 0.6) is 0 Å². The molecule has 1 aromatic heterocycles. The van der Waals surface area contributed by atoms with Gasteiger partial charge in [-0.05, 0) is 31.4 Å². The van der Waals surface area contributed by atoms with Crippen molar-refractivity contribution in [1.29, 1.82) is 0 Å². The number of esters is 1. The molecular formula is C12H15N3O2. The van der Waals surface area contributed by atoms with Gasteiger partial charge >= 0.3 is 5.97 Å². The van der Waals surface area contributed by atoms with E-state index in [1.807, 2.05) is 18.2 Å². The molecule has 5 nitrogen and oxygen atoms in total. The normalized spacial score (nSPS) is 14.6. The number of carbonyl (C=O) groups is 1. The Bertz CT molecular complexity index is 429. The van der Waals surface area contributed by atoms with Crippen molar-refractivity contribution in [2.24, 2.45) is 0 Å². The van der Waals surface area contributed by atoms with Gasteiger partial charge in [-0.2, -0.15) is 0 Å². The largest absolute Gasteiger partial charge is 0.466 e. The summed E-state index contributed by atoms with van der Waals surface area (Å²) < 4.78 is 4.74. The molecule has 0 amide bonds. The first-order valence-electron chi connectivity index (χ1n) is 5.54. The van der Waals surface area contributed by atoms with Crippen molar-refractivity contribution < 1.29 is 9.53 Å². The number of nitrogens with one attached hydrogen (secondary N) is 2. The quantitative estimate of drug-likeness (QED) is 0.611. The van der Waals surface area contributed by atoms with Crippen molar-refractivity contribution >= 4 is 11.8 Å². The van der Waals surface area contributed by atoms with E-state index in [1.165, 1.54) is 7.11 Å². The third-order valence-corrected chi connectivity index (χ3v) is 2.66. The summed E-state index contributed by atoms with van der Waals surface area (Å²) >= 11 is 0. The Labute approximate surface area is 99.9 Å². The second-order valence-electron chi connectivity index (χ2n) is 3.77. The zero-order valence-electron chi connectivity index (χ0n) is 9.69. The fraction of sp³-hybridized carbons (Fsp3) is 0.333. The third kappa shape index (κ3) is 2.75. The second-order valence-corrected chi connectivity index (χ2v) is 3.77. The van der Waals surface area contributed by atoms with Crippen LogP contribution in [-0.4, -0.2) is 18.1 Å². The Morgan fingerprint density at radius 2 is 2.24 bits per heavy atom. The van der Waals surface area contributed by atoms with Gasteiger partial charge in [0.25, 0.3) is 0 Å². The number of ether oxygens (including phenoxy) is 1. The van der Waals surface area contributed by atoms with Crippen molar-refractivity contribution in [2.75, 3.05) is 12.5 Å². The molecule has 1 aliphatic carbocycles. The first-order valence-corrected chi connectivity index (χ1v) is 5.54. The maximum Gasteiger partial charge on any atom is 0.335 e. The number of hydrogen-bond acceptors (Lipinski definition) is 5. The lowest BCUT2D eigenvalue weighted by molar-refractivity contribution is -0.136. The Morgan fingerprint density at radius 3 is 2.94 bits per heavy atom. The summed E-state index contributed by atoms with van der Waals surface area (Å²) in [5, 5.41) is 0. The van der Waals surface area contributed by atoms with Gasteiger partial charge in [0.2, 0.25) is 0 Å². The number of allylic oxidation sites excluding steroid dienone is 1. The van der Waals surface area contributed by atoms with E-state index in [0.717, 1.165) is 36.4 Å². The Morgan fingerprint density at radius 1 is 1.35 bits per heavy atom. The molecule has 0 atom stereocenters. The summed E-state index contributed by atoms with van der Waals surface area (Å²) in [5.74, 6) is 0.462. The Balaban J connectivity index is 2.01. The van der Waals surface area contributed by atoms with Crippen LogP contribution in [0.3, 0.4) is 0 Å². The Kier molecular flexibility index (Phi) is 3.59. The summed E-state index contributed by atoms with van der Waals surface area (Å²) in [6.45, 7) is 0. The van der Waals surface area contributed by atoms with Gasteiger partial charge in [-0.3, -0.25) is 5.43 Å². The molecule has 2 rings (SSSR count). The van der Waals surface area contributed by atoms with E-state index < -0.39 is 0 Å². The minimum atomic E-state index is -0.257. The van der Waals surface area contributed by atoms with Crippen LogP contribution in [-0.2, 0) is 9.53 Å². The molecule has 0 saturated carbocycles. The molecule has 5 heteroatoms. The van der Waals surface area contributed by atoms with Crippen LogP contribution >= 0.6 is 0 Å². The average molecular weight is 233 g/mol. The number of pyridine rings is 1. The maximum atomic E-state index is 11.5. The molecule has 0 aliphatic heterocycles. The SMILES string of the molecule is COC(=O)C1=C(NNc2ccccn2)CCC1. The van der Waals surface area contributed by atoms with Gasteiger partial charge < -0.3 is 10.2 Å². The number of rotatable bonds is 4. The summed E-state index contributed by atoms with van der Waals surface area (Å²) in [6.07, 6.45) is 4.29. The topological polar surface area (TPSA) is 63.2 Å². The van der Waals surface area contributed by atoms with Crippen LogP contribution in [0.1, 0.15) is 19.3 Å². The fourth-order valence-corrected chi connectivity index (χ4v) is 1.81. The molecule has 17 heavy (non-hydrogen) atoms. The molecule has 1 aliphatic rings. The molecule has 90 valence electrons. The van der Waals surface area contributed by atoms with Crippen LogP contribution in [0.15, 0.2) is 35.7 Å². The number of hydrogen-bond donors (Lipinski definition) is 2. The number of carbonyl (C=O) groups excluding carboxylic acids is 1. The van der Waals surface area contributed by atoms with E-state index in [2.05, 4.69) is 15.8 Å². The van der Waals surface area contributed by atoms with E-state index in [9.17, 15) is 4.79 Å². The van der Waals surface area contributed by atoms with Crippen molar-refractivity contribution in [3.63, 3.8) is 0 Å². The van der Waals surface area contributed by atoms with Gasteiger partial charge in [-0.1, -0.05) is 6.07 Å². The first-order chi connectivity index (χ1) is 8.31. The van der Waals surface area contributed by atoms with Gasteiger partial charge in [-0.15, -0.1) is 0 Å². The second kappa shape index (κ2) is 5.34. The number of anilines is 1. The maximum absolute atomic E-state index is 11.5. The van der Waals surface area contributed by atoms with Crippen LogP contribution in [0.2, 0.25) is 0 Å². The number of hydrazine groups is 1. The van der Waals surface area contributed by atoms with Gasteiger partial charge in [0.1, 0.15) is 5.82 Å². The van der Waals surface area contributed by atoms with Gasteiger partial charge in [-0.25, -0.2) is 9.78 Å². The van der Waals surface area contributed by atoms with Crippen molar-refractivity contribution in [2.45, 2.75) is 19.3 Å². The van der Waals surface area contributed by atoms with E-state index in [0.29, 0.717) is 0 Å².